The zero-order valence-corrected chi connectivity index (χ0v) is 28.1. The largest absolute Gasteiger partial charge is 0.468 e. The Morgan fingerprint density at radius 2 is 1.60 bits per heavy atom. The number of amides is 2. The topological polar surface area (TPSA) is 110 Å². The number of nitrogens with one attached hydrogen (secondary N) is 1. The van der Waals surface area contributed by atoms with E-state index in [9.17, 15) is 24.0 Å². The van der Waals surface area contributed by atoms with Gasteiger partial charge in [-0.1, -0.05) is 68.4 Å². The van der Waals surface area contributed by atoms with Gasteiger partial charge in [-0.3, -0.25) is 34.2 Å². The van der Waals surface area contributed by atoms with Crippen LogP contribution in [0.1, 0.15) is 61.4 Å². The van der Waals surface area contributed by atoms with Crippen molar-refractivity contribution in [3.63, 3.8) is 0 Å². The van der Waals surface area contributed by atoms with Crippen molar-refractivity contribution in [2.24, 2.45) is 22.7 Å². The summed E-state index contributed by atoms with van der Waals surface area (Å²) < 4.78 is 5.32. The number of hydrogen-bond acceptors (Lipinski definition) is 8. The Balaban J connectivity index is 1.22. The van der Waals surface area contributed by atoms with E-state index < -0.39 is 34.8 Å². The SMILES string of the molecule is COC(=O)[C@@]1(CCSC)N[C@@H](c2ccc3ccccc3c2)[C@H]2C(=O)N(Cc3ccc4c(c3)CC3(C4)C(=O)CC(C)(C)CC3=O)C(=O)[C@H]21. The lowest BCUT2D eigenvalue weighted by Gasteiger charge is -2.38. The minimum Gasteiger partial charge on any atom is -0.468 e. The first kappa shape index (κ1) is 31.8. The van der Waals surface area contributed by atoms with Gasteiger partial charge in [0, 0.05) is 18.9 Å². The maximum atomic E-state index is 14.4. The zero-order chi connectivity index (χ0) is 33.3. The Hall–Kier alpha value is -3.82. The Morgan fingerprint density at radius 3 is 2.30 bits per heavy atom. The molecule has 2 heterocycles. The summed E-state index contributed by atoms with van der Waals surface area (Å²) in [5, 5.41) is 5.54. The van der Waals surface area contributed by atoms with Crippen LogP contribution in [0.4, 0.5) is 0 Å². The molecule has 244 valence electrons. The van der Waals surface area contributed by atoms with E-state index in [2.05, 4.69) is 5.32 Å². The Kier molecular flexibility index (Phi) is 7.71. The second-order valence-electron chi connectivity index (χ2n) is 14.6. The summed E-state index contributed by atoms with van der Waals surface area (Å²) in [6.45, 7) is 3.97. The number of Topliss-reactive ketones (excluding diaryl/α,β-unsaturated/α-hetero) is 2. The first-order valence-electron chi connectivity index (χ1n) is 16.3. The molecule has 0 aromatic heterocycles. The number of nitrogens with zero attached hydrogens (tertiary/aromatic N) is 1. The Labute approximate surface area is 279 Å². The third-order valence-corrected chi connectivity index (χ3v) is 11.7. The first-order chi connectivity index (χ1) is 22.4. The fourth-order valence-electron chi connectivity index (χ4n) is 8.70. The second-order valence-corrected chi connectivity index (χ2v) is 15.6. The van der Waals surface area contributed by atoms with E-state index in [0.29, 0.717) is 37.9 Å². The van der Waals surface area contributed by atoms with Crippen LogP contribution in [0.2, 0.25) is 0 Å². The minimum atomic E-state index is -1.36. The molecule has 47 heavy (non-hydrogen) atoms. The number of rotatable bonds is 7. The summed E-state index contributed by atoms with van der Waals surface area (Å²) in [5.74, 6) is -2.36. The number of hydrogen-bond donors (Lipinski definition) is 1. The van der Waals surface area contributed by atoms with Crippen LogP contribution in [0, 0.1) is 22.7 Å². The number of thioether (sulfide) groups is 1. The molecule has 3 aromatic carbocycles. The number of carbonyl (C=O) groups excluding carboxylic acids is 5. The van der Waals surface area contributed by atoms with Crippen molar-refractivity contribution in [3.8, 4) is 0 Å². The predicted molar refractivity (Wildman–Crippen MR) is 179 cm³/mol. The quantitative estimate of drug-likeness (QED) is 0.216. The summed E-state index contributed by atoms with van der Waals surface area (Å²) >= 11 is 1.57. The van der Waals surface area contributed by atoms with Gasteiger partial charge in [-0.05, 0) is 75.8 Å². The number of imide groups is 1. The Bertz CT molecular complexity index is 1830. The van der Waals surface area contributed by atoms with Gasteiger partial charge in [0.2, 0.25) is 11.8 Å². The van der Waals surface area contributed by atoms with Gasteiger partial charge in [-0.25, -0.2) is 0 Å². The van der Waals surface area contributed by atoms with Crippen molar-refractivity contribution in [2.75, 3.05) is 19.1 Å². The molecule has 8 nitrogen and oxygen atoms in total. The molecule has 1 spiro atoms. The van der Waals surface area contributed by atoms with Gasteiger partial charge in [0.15, 0.2) is 0 Å². The van der Waals surface area contributed by atoms with Crippen LogP contribution in [0.15, 0.2) is 60.7 Å². The van der Waals surface area contributed by atoms with Gasteiger partial charge in [0.1, 0.15) is 17.1 Å². The van der Waals surface area contributed by atoms with Crippen LogP contribution in [0.5, 0.6) is 0 Å². The lowest BCUT2D eigenvalue weighted by molar-refractivity contribution is -0.154. The third-order valence-electron chi connectivity index (χ3n) is 11.1. The van der Waals surface area contributed by atoms with E-state index in [1.54, 1.807) is 11.8 Å². The highest BCUT2D eigenvalue weighted by Crippen LogP contribution is 2.52. The number of ketones is 2. The van der Waals surface area contributed by atoms with Crippen molar-refractivity contribution in [1.82, 2.24) is 10.2 Å². The average molecular weight is 653 g/mol. The Morgan fingerprint density at radius 1 is 0.894 bits per heavy atom. The maximum Gasteiger partial charge on any atom is 0.326 e. The number of methoxy groups -OCH3 is 1. The highest BCUT2D eigenvalue weighted by molar-refractivity contribution is 7.98. The standard InChI is InChI=1S/C38H40N2O6S/c1-36(2)19-28(41)37(29(42)20-36)17-26-10-9-22(15-27(26)18-37)21-40-33(43)30-31(34(40)44)38(13-14-47-4,35(45)46-3)39-32(30)25-12-11-23-7-5-6-8-24(23)16-25/h5-12,15-16,30-32,39H,13-14,17-21H2,1-4H3/t30-,31-,32-,38-/m0/s1. The van der Waals surface area contributed by atoms with Crippen LogP contribution in [0.25, 0.3) is 10.8 Å². The zero-order valence-electron chi connectivity index (χ0n) is 27.3. The molecule has 2 aliphatic heterocycles. The van der Waals surface area contributed by atoms with Crippen LogP contribution >= 0.6 is 11.8 Å². The van der Waals surface area contributed by atoms with Crippen LogP contribution in [-0.4, -0.2) is 58.9 Å². The van der Waals surface area contributed by atoms with E-state index in [0.717, 1.165) is 33.0 Å². The molecule has 3 aromatic rings. The van der Waals surface area contributed by atoms with Crippen LogP contribution in [-0.2, 0) is 48.1 Å². The summed E-state index contributed by atoms with van der Waals surface area (Å²) in [6, 6.07) is 19.1. The van der Waals surface area contributed by atoms with Crippen molar-refractivity contribution in [1.29, 1.82) is 0 Å². The third kappa shape index (κ3) is 4.96. The number of carbonyl (C=O) groups is 5. The number of likely N-dealkylation sites (tertiary alicyclic amines) is 1. The van der Waals surface area contributed by atoms with E-state index in [4.69, 9.17) is 4.74 Å². The molecule has 9 heteroatoms. The predicted octanol–water partition coefficient (Wildman–Crippen LogP) is 4.99. The van der Waals surface area contributed by atoms with Gasteiger partial charge in [0.05, 0.1) is 30.9 Å². The van der Waals surface area contributed by atoms with Gasteiger partial charge < -0.3 is 4.74 Å². The number of esters is 1. The van der Waals surface area contributed by atoms with Crippen LogP contribution in [0.3, 0.4) is 0 Å². The van der Waals surface area contributed by atoms with Crippen molar-refractivity contribution >= 4 is 51.9 Å². The normalized spacial score (nSPS) is 27.5. The summed E-state index contributed by atoms with van der Waals surface area (Å²) in [6.07, 6.45) is 3.79. The fourth-order valence-corrected chi connectivity index (χ4v) is 9.23. The van der Waals surface area contributed by atoms with Crippen molar-refractivity contribution < 1.29 is 28.7 Å². The number of ether oxygens (including phenoxy) is 1. The van der Waals surface area contributed by atoms with Gasteiger partial charge in [0.25, 0.3) is 0 Å². The highest BCUT2D eigenvalue weighted by Gasteiger charge is 2.68. The summed E-state index contributed by atoms with van der Waals surface area (Å²) in [7, 11) is 1.32. The maximum absolute atomic E-state index is 14.4. The molecule has 4 atom stereocenters. The first-order valence-corrected chi connectivity index (χ1v) is 17.7. The number of benzene rings is 3. The molecule has 2 amide bonds. The molecular formula is C38H40N2O6S. The molecule has 3 fully saturated rings. The van der Waals surface area contributed by atoms with E-state index in [1.165, 1.54) is 12.0 Å². The van der Waals surface area contributed by atoms with Crippen LogP contribution < -0.4 is 5.32 Å². The molecular weight excluding hydrogens is 612 g/mol. The van der Waals surface area contributed by atoms with E-state index in [1.807, 2.05) is 80.8 Å². The molecule has 0 unspecified atom stereocenters. The molecule has 0 radical (unpaired) electrons. The minimum absolute atomic E-state index is 0.00542. The summed E-state index contributed by atoms with van der Waals surface area (Å²) in [5.41, 5.74) is 0.772. The molecule has 7 rings (SSSR count). The van der Waals surface area contributed by atoms with Crippen molar-refractivity contribution in [3.05, 3.63) is 82.9 Å². The molecule has 4 aliphatic rings. The van der Waals surface area contributed by atoms with E-state index in [-0.39, 0.29) is 35.3 Å². The lowest BCUT2D eigenvalue weighted by Crippen LogP contribution is -2.56. The number of fused-ring (bicyclic) bond motifs is 3. The fraction of sp³-hybridized carbons (Fsp3) is 0.447. The molecule has 1 saturated carbocycles. The lowest BCUT2D eigenvalue weighted by atomic mass is 9.62. The molecule has 0 bridgehead atoms. The molecule has 1 N–H and O–H groups in total. The van der Waals surface area contributed by atoms with Gasteiger partial charge >= 0.3 is 5.97 Å². The molecule has 2 aliphatic carbocycles. The second kappa shape index (κ2) is 11.4. The van der Waals surface area contributed by atoms with Gasteiger partial charge in [-0.2, -0.15) is 11.8 Å². The monoisotopic (exact) mass is 652 g/mol. The molecule has 2 saturated heterocycles. The van der Waals surface area contributed by atoms with Gasteiger partial charge in [-0.15, -0.1) is 0 Å². The highest BCUT2D eigenvalue weighted by atomic mass is 32.2. The average Bonchev–Trinajstić information content (AvgIpc) is 3.69. The van der Waals surface area contributed by atoms with E-state index >= 15 is 0 Å². The van der Waals surface area contributed by atoms with Crippen molar-refractivity contribution in [2.45, 2.75) is 64.1 Å². The smallest absolute Gasteiger partial charge is 0.326 e. The summed E-state index contributed by atoms with van der Waals surface area (Å²) in [4.78, 5) is 70.4.